The highest BCUT2D eigenvalue weighted by Gasteiger charge is 2.32. The fraction of sp³-hybridized carbons (Fsp3) is 0.600. The summed E-state index contributed by atoms with van der Waals surface area (Å²) in [7, 11) is 0. The second kappa shape index (κ2) is 5.10. The third-order valence-electron chi connectivity index (χ3n) is 4.31. The maximum absolute atomic E-state index is 6.27. The highest BCUT2D eigenvalue weighted by atomic mass is 35.5. The van der Waals surface area contributed by atoms with Crippen LogP contribution in [0.25, 0.3) is 0 Å². The van der Waals surface area contributed by atoms with E-state index in [1.54, 1.807) is 0 Å². The highest BCUT2D eigenvalue weighted by molar-refractivity contribution is 6.30. The molecule has 1 aromatic rings. The molecule has 1 unspecified atom stereocenters. The highest BCUT2D eigenvalue weighted by Crippen LogP contribution is 2.40. The van der Waals surface area contributed by atoms with Crippen LogP contribution in [0.4, 0.5) is 0 Å². The Morgan fingerprint density at radius 2 is 1.94 bits per heavy atom. The number of hydrogen-bond acceptors (Lipinski definition) is 2. The van der Waals surface area contributed by atoms with Crippen molar-refractivity contribution in [2.75, 3.05) is 0 Å². The van der Waals surface area contributed by atoms with Crippen LogP contribution in [0.3, 0.4) is 0 Å². The van der Waals surface area contributed by atoms with Gasteiger partial charge in [0, 0.05) is 23.0 Å². The van der Waals surface area contributed by atoms with E-state index in [1.165, 1.54) is 32.1 Å². The van der Waals surface area contributed by atoms with Crippen molar-refractivity contribution < 1.29 is 4.74 Å². The largest absolute Gasteiger partial charge is 0.490 e. The van der Waals surface area contributed by atoms with Crippen LogP contribution in [-0.4, -0.2) is 6.10 Å². The lowest BCUT2D eigenvalue weighted by Crippen LogP contribution is -2.36. The molecule has 0 saturated heterocycles. The van der Waals surface area contributed by atoms with Gasteiger partial charge in [-0.3, -0.25) is 0 Å². The summed E-state index contributed by atoms with van der Waals surface area (Å²) in [5.74, 6) is 1.63. The summed E-state index contributed by atoms with van der Waals surface area (Å²) in [5, 5.41) is 0.740. The number of benzene rings is 1. The molecule has 18 heavy (non-hydrogen) atoms. The van der Waals surface area contributed by atoms with Crippen molar-refractivity contribution >= 4 is 11.6 Å². The van der Waals surface area contributed by atoms with Crippen LogP contribution in [-0.2, 0) is 0 Å². The van der Waals surface area contributed by atoms with Crippen molar-refractivity contribution in [1.29, 1.82) is 0 Å². The molecule has 1 saturated carbocycles. The Bertz CT molecular complexity index is 429. The van der Waals surface area contributed by atoms with Gasteiger partial charge in [0.05, 0.1) is 0 Å². The average molecular weight is 266 g/mol. The third kappa shape index (κ3) is 2.36. The van der Waals surface area contributed by atoms with E-state index in [2.05, 4.69) is 0 Å². The minimum atomic E-state index is 0.0689. The van der Waals surface area contributed by atoms with Gasteiger partial charge in [0.25, 0.3) is 0 Å². The Kier molecular flexibility index (Phi) is 3.49. The van der Waals surface area contributed by atoms with Gasteiger partial charge in [-0.2, -0.15) is 0 Å². The molecule has 0 radical (unpaired) electrons. The summed E-state index contributed by atoms with van der Waals surface area (Å²) in [6, 6.07) is 5.86. The summed E-state index contributed by atoms with van der Waals surface area (Å²) in [4.78, 5) is 0. The van der Waals surface area contributed by atoms with E-state index in [0.717, 1.165) is 22.8 Å². The van der Waals surface area contributed by atoms with E-state index in [-0.39, 0.29) is 6.04 Å². The van der Waals surface area contributed by atoms with E-state index in [0.29, 0.717) is 12.0 Å². The minimum Gasteiger partial charge on any atom is -0.490 e. The molecule has 98 valence electrons. The summed E-state index contributed by atoms with van der Waals surface area (Å²) < 4.78 is 6.16. The zero-order chi connectivity index (χ0) is 12.5. The second-order valence-electron chi connectivity index (χ2n) is 5.58. The fourth-order valence-corrected chi connectivity index (χ4v) is 3.48. The Hall–Kier alpha value is -0.730. The molecule has 3 heteroatoms. The predicted molar refractivity (Wildman–Crippen MR) is 74.0 cm³/mol. The van der Waals surface area contributed by atoms with Crippen molar-refractivity contribution in [1.82, 2.24) is 0 Å². The van der Waals surface area contributed by atoms with Gasteiger partial charge in [-0.25, -0.2) is 0 Å². The van der Waals surface area contributed by atoms with Gasteiger partial charge in [-0.15, -0.1) is 0 Å². The van der Waals surface area contributed by atoms with Gasteiger partial charge in [-0.1, -0.05) is 30.9 Å². The third-order valence-corrected chi connectivity index (χ3v) is 4.55. The molecular weight excluding hydrogens is 246 g/mol. The number of halogens is 1. The molecule has 2 atom stereocenters. The lowest BCUT2D eigenvalue weighted by molar-refractivity contribution is 0.0784. The molecule has 1 aliphatic heterocycles. The van der Waals surface area contributed by atoms with Crippen LogP contribution in [0.5, 0.6) is 5.75 Å². The average Bonchev–Trinajstić information content (AvgIpc) is 2.40. The molecule has 0 bridgehead atoms. The first-order valence-corrected chi connectivity index (χ1v) is 7.33. The van der Waals surface area contributed by atoms with Crippen LogP contribution < -0.4 is 10.5 Å². The first-order valence-electron chi connectivity index (χ1n) is 6.96. The van der Waals surface area contributed by atoms with E-state index in [9.17, 15) is 0 Å². The maximum atomic E-state index is 6.27. The smallest absolute Gasteiger partial charge is 0.124 e. The molecule has 1 heterocycles. The Balaban J connectivity index is 1.80. The first kappa shape index (κ1) is 12.3. The van der Waals surface area contributed by atoms with Gasteiger partial charge in [0.1, 0.15) is 11.9 Å². The molecule has 3 rings (SSSR count). The lowest BCUT2D eigenvalue weighted by Gasteiger charge is -2.36. The fourth-order valence-electron chi connectivity index (χ4n) is 3.30. The van der Waals surface area contributed by atoms with Gasteiger partial charge < -0.3 is 10.5 Å². The number of rotatable bonds is 1. The number of ether oxygens (including phenoxy) is 1. The predicted octanol–water partition coefficient (Wildman–Crippen LogP) is 4.07. The standard InChI is InChI=1S/C15H20ClNO/c16-11-6-7-14-12(8-11)13(17)9-15(18-14)10-4-2-1-3-5-10/h6-8,10,13,15H,1-5,9,17H2/t13-,15?/m1/s1. The summed E-state index contributed by atoms with van der Waals surface area (Å²) in [6.45, 7) is 0. The van der Waals surface area contributed by atoms with E-state index >= 15 is 0 Å². The SMILES string of the molecule is N[C@@H]1CC(C2CCCCC2)Oc2ccc(Cl)cc21. The van der Waals surface area contributed by atoms with Gasteiger partial charge >= 0.3 is 0 Å². The Morgan fingerprint density at radius 1 is 1.17 bits per heavy atom. The van der Waals surface area contributed by atoms with Crippen molar-refractivity contribution in [2.45, 2.75) is 50.7 Å². The lowest BCUT2D eigenvalue weighted by atomic mass is 9.81. The second-order valence-corrected chi connectivity index (χ2v) is 6.02. The Labute approximate surface area is 113 Å². The van der Waals surface area contributed by atoms with E-state index in [1.807, 2.05) is 18.2 Å². The summed E-state index contributed by atoms with van der Waals surface area (Å²) >= 11 is 6.02. The zero-order valence-electron chi connectivity index (χ0n) is 10.6. The van der Waals surface area contributed by atoms with Gasteiger partial charge in [0.2, 0.25) is 0 Å². The number of fused-ring (bicyclic) bond motifs is 1. The number of nitrogens with two attached hydrogens (primary N) is 1. The van der Waals surface area contributed by atoms with Crippen molar-refractivity contribution in [3.05, 3.63) is 28.8 Å². The molecule has 0 amide bonds. The zero-order valence-corrected chi connectivity index (χ0v) is 11.3. The normalized spacial score (nSPS) is 28.6. The molecule has 1 aliphatic carbocycles. The monoisotopic (exact) mass is 265 g/mol. The van der Waals surface area contributed by atoms with Crippen LogP contribution in [0.1, 0.15) is 50.1 Å². The maximum Gasteiger partial charge on any atom is 0.124 e. The van der Waals surface area contributed by atoms with Crippen molar-refractivity contribution in [3.63, 3.8) is 0 Å². The summed E-state index contributed by atoms with van der Waals surface area (Å²) in [5.41, 5.74) is 7.34. The molecule has 2 aliphatic rings. The first-order chi connectivity index (χ1) is 8.74. The molecular formula is C15H20ClNO. The van der Waals surface area contributed by atoms with E-state index in [4.69, 9.17) is 22.1 Å². The van der Waals surface area contributed by atoms with Crippen molar-refractivity contribution in [3.8, 4) is 5.75 Å². The molecule has 1 fully saturated rings. The van der Waals surface area contributed by atoms with Crippen LogP contribution in [0.15, 0.2) is 18.2 Å². The van der Waals surface area contributed by atoms with Gasteiger partial charge in [0.15, 0.2) is 0 Å². The molecule has 1 aromatic carbocycles. The minimum absolute atomic E-state index is 0.0689. The van der Waals surface area contributed by atoms with Crippen LogP contribution >= 0.6 is 11.6 Å². The van der Waals surface area contributed by atoms with Gasteiger partial charge in [-0.05, 0) is 37.0 Å². The van der Waals surface area contributed by atoms with Crippen molar-refractivity contribution in [2.24, 2.45) is 11.7 Å². The quantitative estimate of drug-likeness (QED) is 0.831. The molecule has 2 nitrogen and oxygen atoms in total. The Morgan fingerprint density at radius 3 is 2.72 bits per heavy atom. The number of hydrogen-bond donors (Lipinski definition) is 1. The molecule has 2 N–H and O–H groups in total. The van der Waals surface area contributed by atoms with Crippen LogP contribution in [0, 0.1) is 5.92 Å². The van der Waals surface area contributed by atoms with Crippen LogP contribution in [0.2, 0.25) is 5.02 Å². The molecule has 0 aromatic heterocycles. The summed E-state index contributed by atoms with van der Waals surface area (Å²) in [6.07, 6.45) is 7.87. The topological polar surface area (TPSA) is 35.2 Å². The van der Waals surface area contributed by atoms with E-state index < -0.39 is 0 Å². The molecule has 0 spiro atoms.